The number of para-hydroxylation sites is 2. The number of thiazole rings is 1. The summed E-state index contributed by atoms with van der Waals surface area (Å²) in [4.78, 5) is 5.65. The van der Waals surface area contributed by atoms with Crippen LogP contribution in [-0.2, 0) is 13.0 Å². The third-order valence-corrected chi connectivity index (χ3v) is 4.08. The van der Waals surface area contributed by atoms with Gasteiger partial charge in [0.2, 0.25) is 0 Å². The molecule has 1 heterocycles. The van der Waals surface area contributed by atoms with Crippen LogP contribution >= 0.6 is 11.3 Å². The van der Waals surface area contributed by atoms with Gasteiger partial charge in [0.15, 0.2) is 11.5 Å². The van der Waals surface area contributed by atoms with Gasteiger partial charge in [0, 0.05) is 17.8 Å². The minimum atomic E-state index is 0.553. The lowest BCUT2D eigenvalue weighted by atomic mass is 10.3. The summed E-state index contributed by atoms with van der Waals surface area (Å²) in [6.07, 6.45) is 0.784. The summed E-state index contributed by atoms with van der Waals surface area (Å²) in [5.41, 5.74) is 6.69. The van der Waals surface area contributed by atoms with Crippen LogP contribution in [0.3, 0.4) is 0 Å². The van der Waals surface area contributed by atoms with E-state index in [0.29, 0.717) is 19.8 Å². The smallest absolute Gasteiger partial charge is 0.161 e. The second-order valence-electron chi connectivity index (χ2n) is 4.30. The number of nitrogens with two attached hydrogens (primary N) is 1. The Morgan fingerprint density at radius 3 is 2.50 bits per heavy atom. The highest BCUT2D eigenvalue weighted by molar-refractivity contribution is 7.11. The Labute approximate surface area is 123 Å². The predicted octanol–water partition coefficient (Wildman–Crippen LogP) is 2.93. The van der Waals surface area contributed by atoms with Crippen molar-refractivity contribution in [1.82, 2.24) is 4.98 Å². The number of nitrogens with zero attached hydrogens (tertiary/aromatic N) is 1. The highest BCUT2D eigenvalue weighted by Crippen LogP contribution is 2.26. The van der Waals surface area contributed by atoms with Crippen molar-refractivity contribution in [1.29, 1.82) is 0 Å². The van der Waals surface area contributed by atoms with Crippen molar-refractivity contribution in [2.75, 3.05) is 13.2 Å². The van der Waals surface area contributed by atoms with Crippen molar-refractivity contribution >= 4 is 11.3 Å². The molecule has 5 heteroatoms. The van der Waals surface area contributed by atoms with Crippen LogP contribution in [0.2, 0.25) is 0 Å². The summed E-state index contributed by atoms with van der Waals surface area (Å²) in [6, 6.07) is 7.72. The molecule has 2 rings (SSSR count). The summed E-state index contributed by atoms with van der Waals surface area (Å²) in [5, 5.41) is 1.07. The van der Waals surface area contributed by atoms with E-state index in [2.05, 4.69) is 4.98 Å². The van der Waals surface area contributed by atoms with E-state index in [-0.39, 0.29) is 0 Å². The maximum Gasteiger partial charge on any atom is 0.161 e. The zero-order valence-electron chi connectivity index (χ0n) is 11.9. The highest BCUT2D eigenvalue weighted by Gasteiger charge is 2.07. The van der Waals surface area contributed by atoms with Crippen LogP contribution in [0.4, 0.5) is 0 Å². The summed E-state index contributed by atoms with van der Waals surface area (Å²) >= 11 is 1.66. The lowest BCUT2D eigenvalue weighted by molar-refractivity contribution is 0.279. The van der Waals surface area contributed by atoms with Crippen LogP contribution in [0, 0.1) is 6.92 Å². The minimum Gasteiger partial charge on any atom is -0.490 e. The van der Waals surface area contributed by atoms with E-state index in [0.717, 1.165) is 33.5 Å². The zero-order chi connectivity index (χ0) is 14.4. The van der Waals surface area contributed by atoms with Crippen molar-refractivity contribution in [3.8, 4) is 11.5 Å². The van der Waals surface area contributed by atoms with E-state index >= 15 is 0 Å². The quantitative estimate of drug-likeness (QED) is 0.852. The molecule has 0 saturated heterocycles. The van der Waals surface area contributed by atoms with Crippen LogP contribution in [0.5, 0.6) is 11.5 Å². The molecule has 20 heavy (non-hydrogen) atoms. The molecular weight excluding hydrogens is 272 g/mol. The molecule has 0 amide bonds. The van der Waals surface area contributed by atoms with Crippen molar-refractivity contribution in [2.45, 2.75) is 26.8 Å². The van der Waals surface area contributed by atoms with E-state index in [1.165, 1.54) is 0 Å². The third kappa shape index (κ3) is 3.71. The number of aryl methyl sites for hydroxylation is 1. The van der Waals surface area contributed by atoms with Crippen LogP contribution in [-0.4, -0.2) is 18.2 Å². The molecule has 0 unspecified atom stereocenters. The number of aromatic nitrogens is 1. The molecule has 1 aromatic heterocycles. The highest BCUT2D eigenvalue weighted by atomic mass is 32.1. The van der Waals surface area contributed by atoms with Crippen LogP contribution in [0.15, 0.2) is 24.3 Å². The second kappa shape index (κ2) is 7.26. The zero-order valence-corrected chi connectivity index (χ0v) is 12.7. The Morgan fingerprint density at radius 1 is 1.20 bits per heavy atom. The first kappa shape index (κ1) is 14.8. The van der Waals surface area contributed by atoms with Crippen LogP contribution in [0.1, 0.15) is 22.5 Å². The maximum atomic E-state index is 5.79. The Hall–Kier alpha value is -1.59. The molecule has 2 N–H and O–H groups in total. The number of rotatable bonds is 7. The van der Waals surface area contributed by atoms with Crippen molar-refractivity contribution in [3.63, 3.8) is 0 Å². The van der Waals surface area contributed by atoms with Gasteiger partial charge in [-0.15, -0.1) is 11.3 Å². The topological polar surface area (TPSA) is 57.4 Å². The average molecular weight is 292 g/mol. The fraction of sp³-hybridized carbons (Fsp3) is 0.400. The standard InChI is InChI=1S/C15H20N2O2S/c1-3-18-12-6-4-5-7-13(12)19-9-8-15-17-11(2)14(10-16)20-15/h4-7H,3,8-10,16H2,1-2H3. The molecule has 0 fully saturated rings. The van der Waals surface area contributed by atoms with Crippen molar-refractivity contribution in [3.05, 3.63) is 39.8 Å². The lowest BCUT2D eigenvalue weighted by Crippen LogP contribution is -2.03. The first-order valence-corrected chi connectivity index (χ1v) is 7.56. The van der Waals surface area contributed by atoms with Gasteiger partial charge in [0.25, 0.3) is 0 Å². The summed E-state index contributed by atoms with van der Waals surface area (Å²) in [7, 11) is 0. The predicted molar refractivity (Wildman–Crippen MR) is 81.6 cm³/mol. The van der Waals surface area contributed by atoms with Gasteiger partial charge in [-0.25, -0.2) is 4.98 Å². The molecule has 0 aliphatic rings. The molecule has 4 nitrogen and oxygen atoms in total. The minimum absolute atomic E-state index is 0.553. The maximum absolute atomic E-state index is 5.79. The molecular formula is C15H20N2O2S. The van der Waals surface area contributed by atoms with E-state index in [9.17, 15) is 0 Å². The molecule has 0 spiro atoms. The number of ether oxygens (including phenoxy) is 2. The molecule has 0 bridgehead atoms. The fourth-order valence-corrected chi connectivity index (χ4v) is 2.81. The molecule has 1 aromatic carbocycles. The Balaban J connectivity index is 1.92. The van der Waals surface area contributed by atoms with Gasteiger partial charge in [-0.3, -0.25) is 0 Å². The monoisotopic (exact) mass is 292 g/mol. The second-order valence-corrected chi connectivity index (χ2v) is 5.47. The summed E-state index contributed by atoms with van der Waals surface area (Å²) in [5.74, 6) is 1.56. The number of benzene rings is 1. The molecule has 0 saturated carbocycles. The molecule has 2 aromatic rings. The lowest BCUT2D eigenvalue weighted by Gasteiger charge is -2.10. The van der Waals surface area contributed by atoms with Gasteiger partial charge in [-0.2, -0.15) is 0 Å². The Morgan fingerprint density at radius 2 is 1.90 bits per heavy atom. The fourth-order valence-electron chi connectivity index (χ4n) is 1.88. The summed E-state index contributed by atoms with van der Waals surface area (Å²) < 4.78 is 11.3. The largest absolute Gasteiger partial charge is 0.490 e. The number of hydrogen-bond donors (Lipinski definition) is 1. The first-order valence-electron chi connectivity index (χ1n) is 6.74. The van der Waals surface area contributed by atoms with E-state index in [1.54, 1.807) is 11.3 Å². The van der Waals surface area contributed by atoms with Gasteiger partial charge >= 0.3 is 0 Å². The number of hydrogen-bond acceptors (Lipinski definition) is 5. The summed E-state index contributed by atoms with van der Waals surface area (Å²) in [6.45, 7) is 5.72. The van der Waals surface area contributed by atoms with Gasteiger partial charge in [0.05, 0.1) is 23.9 Å². The van der Waals surface area contributed by atoms with Gasteiger partial charge in [0.1, 0.15) is 0 Å². The SMILES string of the molecule is CCOc1ccccc1OCCc1nc(C)c(CN)s1. The Bertz CT molecular complexity index is 555. The average Bonchev–Trinajstić information content (AvgIpc) is 2.81. The van der Waals surface area contributed by atoms with E-state index in [1.807, 2.05) is 38.1 Å². The molecule has 0 aliphatic carbocycles. The van der Waals surface area contributed by atoms with Crippen molar-refractivity contribution in [2.24, 2.45) is 5.73 Å². The normalized spacial score (nSPS) is 10.6. The molecule has 0 atom stereocenters. The van der Waals surface area contributed by atoms with Gasteiger partial charge < -0.3 is 15.2 Å². The van der Waals surface area contributed by atoms with Crippen molar-refractivity contribution < 1.29 is 9.47 Å². The van der Waals surface area contributed by atoms with Gasteiger partial charge in [-0.1, -0.05) is 12.1 Å². The molecule has 108 valence electrons. The third-order valence-electron chi connectivity index (χ3n) is 2.84. The van der Waals surface area contributed by atoms with E-state index < -0.39 is 0 Å². The van der Waals surface area contributed by atoms with Gasteiger partial charge in [-0.05, 0) is 26.0 Å². The Kier molecular flexibility index (Phi) is 5.38. The van der Waals surface area contributed by atoms with Crippen LogP contribution in [0.25, 0.3) is 0 Å². The first-order chi connectivity index (χ1) is 9.74. The van der Waals surface area contributed by atoms with Crippen LogP contribution < -0.4 is 15.2 Å². The van der Waals surface area contributed by atoms with E-state index in [4.69, 9.17) is 15.2 Å². The molecule has 0 aliphatic heterocycles. The molecule has 0 radical (unpaired) electrons.